The Morgan fingerprint density at radius 3 is 1.96 bits per heavy atom. The summed E-state index contributed by atoms with van der Waals surface area (Å²) in [7, 11) is 0. The molecule has 0 spiro atoms. The molecule has 2 aromatic carbocycles. The van der Waals surface area contributed by atoms with E-state index in [0.29, 0.717) is 13.2 Å². The number of nitrogens with two attached hydrogens (primary N) is 1. The molecule has 0 bridgehead atoms. The van der Waals surface area contributed by atoms with E-state index in [2.05, 4.69) is 17.3 Å². The number of ether oxygens (including phenoxy) is 2. The van der Waals surface area contributed by atoms with Crippen LogP contribution in [0.15, 0.2) is 41.6 Å². The minimum Gasteiger partial charge on any atom is -0.493 e. The molecule has 2 aliphatic rings. The topological polar surface area (TPSA) is 77.1 Å². The van der Waals surface area contributed by atoms with E-state index in [1.54, 1.807) is 0 Å². The van der Waals surface area contributed by atoms with Crippen LogP contribution in [0.5, 0.6) is 11.5 Å². The van der Waals surface area contributed by atoms with Crippen LogP contribution in [-0.4, -0.2) is 24.3 Å². The Morgan fingerprint density at radius 2 is 1.48 bits per heavy atom. The SMILES string of the molecule is NC(=NO)C(c1ccc2c(c1)CCO2)c1ccc2c(c1)CCO2. The third kappa shape index (κ3) is 2.38. The zero-order valence-corrected chi connectivity index (χ0v) is 12.7. The van der Waals surface area contributed by atoms with Crippen molar-refractivity contribution >= 4 is 5.84 Å². The maximum absolute atomic E-state index is 9.23. The third-order valence-corrected chi connectivity index (χ3v) is 4.50. The second-order valence-corrected chi connectivity index (χ2v) is 5.89. The first-order valence-electron chi connectivity index (χ1n) is 7.75. The number of nitrogens with zero attached hydrogens (tertiary/aromatic N) is 1. The molecule has 23 heavy (non-hydrogen) atoms. The highest BCUT2D eigenvalue weighted by Gasteiger charge is 2.24. The van der Waals surface area contributed by atoms with Crippen LogP contribution >= 0.6 is 0 Å². The lowest BCUT2D eigenvalue weighted by Crippen LogP contribution is -2.23. The molecule has 0 aromatic heterocycles. The zero-order chi connectivity index (χ0) is 15.8. The highest BCUT2D eigenvalue weighted by Crippen LogP contribution is 2.34. The Bertz CT molecular complexity index is 728. The monoisotopic (exact) mass is 310 g/mol. The Labute approximate surface area is 134 Å². The number of oxime groups is 1. The number of rotatable bonds is 3. The predicted molar refractivity (Wildman–Crippen MR) is 86.5 cm³/mol. The molecule has 0 saturated heterocycles. The molecular weight excluding hydrogens is 292 g/mol. The van der Waals surface area contributed by atoms with Gasteiger partial charge in [-0.15, -0.1) is 0 Å². The maximum Gasteiger partial charge on any atom is 0.151 e. The van der Waals surface area contributed by atoms with Crippen molar-refractivity contribution < 1.29 is 14.7 Å². The number of benzene rings is 2. The van der Waals surface area contributed by atoms with E-state index in [1.165, 1.54) is 11.1 Å². The van der Waals surface area contributed by atoms with Crippen LogP contribution in [0.2, 0.25) is 0 Å². The number of amidine groups is 1. The molecule has 0 fully saturated rings. The Morgan fingerprint density at radius 1 is 0.957 bits per heavy atom. The Kier molecular flexibility index (Phi) is 3.33. The molecule has 0 atom stereocenters. The van der Waals surface area contributed by atoms with Crippen molar-refractivity contribution in [3.05, 3.63) is 58.7 Å². The highest BCUT2D eigenvalue weighted by molar-refractivity contribution is 5.90. The van der Waals surface area contributed by atoms with Gasteiger partial charge in [-0.3, -0.25) is 0 Å². The largest absolute Gasteiger partial charge is 0.493 e. The van der Waals surface area contributed by atoms with Gasteiger partial charge in [0.25, 0.3) is 0 Å². The number of hydrogen-bond acceptors (Lipinski definition) is 4. The van der Waals surface area contributed by atoms with E-state index in [4.69, 9.17) is 15.2 Å². The molecule has 2 aliphatic heterocycles. The molecule has 3 N–H and O–H groups in total. The van der Waals surface area contributed by atoms with Crippen molar-refractivity contribution in [1.29, 1.82) is 0 Å². The standard InChI is InChI=1S/C18H18N2O3/c19-18(20-21)17(13-1-3-15-11(9-13)5-7-22-15)14-2-4-16-12(10-14)6-8-23-16/h1-4,9-10,17,21H,5-8H2,(H2,19,20). The van der Waals surface area contributed by atoms with E-state index in [0.717, 1.165) is 35.5 Å². The van der Waals surface area contributed by atoms with Crippen LogP contribution in [0, 0.1) is 0 Å². The number of fused-ring (bicyclic) bond motifs is 2. The van der Waals surface area contributed by atoms with Gasteiger partial charge >= 0.3 is 0 Å². The third-order valence-electron chi connectivity index (χ3n) is 4.50. The molecule has 0 aliphatic carbocycles. The van der Waals surface area contributed by atoms with Gasteiger partial charge < -0.3 is 20.4 Å². The van der Waals surface area contributed by atoms with Crippen LogP contribution < -0.4 is 15.2 Å². The molecule has 118 valence electrons. The van der Waals surface area contributed by atoms with Crippen LogP contribution in [0.3, 0.4) is 0 Å². The number of hydrogen-bond donors (Lipinski definition) is 2. The smallest absolute Gasteiger partial charge is 0.151 e. The summed E-state index contributed by atoms with van der Waals surface area (Å²) in [6, 6.07) is 12.1. The fraction of sp³-hybridized carbons (Fsp3) is 0.278. The van der Waals surface area contributed by atoms with Gasteiger partial charge in [0.15, 0.2) is 5.84 Å². The highest BCUT2D eigenvalue weighted by atomic mass is 16.5. The molecule has 0 amide bonds. The van der Waals surface area contributed by atoms with Gasteiger partial charge in [-0.1, -0.05) is 29.4 Å². The average molecular weight is 310 g/mol. The molecular formula is C18H18N2O3. The van der Waals surface area contributed by atoms with E-state index in [1.807, 2.05) is 24.3 Å². The summed E-state index contributed by atoms with van der Waals surface area (Å²) in [5.41, 5.74) is 10.4. The van der Waals surface area contributed by atoms with Crippen LogP contribution in [0.4, 0.5) is 0 Å². The van der Waals surface area contributed by atoms with Gasteiger partial charge in [0, 0.05) is 12.8 Å². The minimum atomic E-state index is -0.281. The molecule has 4 rings (SSSR count). The van der Waals surface area contributed by atoms with Gasteiger partial charge in [0.2, 0.25) is 0 Å². The molecule has 5 nitrogen and oxygen atoms in total. The first-order valence-corrected chi connectivity index (χ1v) is 7.75. The summed E-state index contributed by atoms with van der Waals surface area (Å²) in [4.78, 5) is 0. The zero-order valence-electron chi connectivity index (χ0n) is 12.7. The van der Waals surface area contributed by atoms with Gasteiger partial charge in [0.1, 0.15) is 11.5 Å². The summed E-state index contributed by atoms with van der Waals surface area (Å²) in [6.45, 7) is 1.42. The molecule has 5 heteroatoms. The van der Waals surface area contributed by atoms with Crippen LogP contribution in [-0.2, 0) is 12.8 Å². The summed E-state index contributed by atoms with van der Waals surface area (Å²) < 4.78 is 11.1. The first-order chi connectivity index (χ1) is 11.3. The fourth-order valence-electron chi connectivity index (χ4n) is 3.36. The second kappa shape index (κ2) is 5.50. The van der Waals surface area contributed by atoms with Crippen molar-refractivity contribution in [2.75, 3.05) is 13.2 Å². The fourth-order valence-corrected chi connectivity index (χ4v) is 3.36. The summed E-state index contributed by atoms with van der Waals surface area (Å²) in [6.07, 6.45) is 1.79. The van der Waals surface area contributed by atoms with Crippen molar-refractivity contribution in [3.8, 4) is 11.5 Å². The van der Waals surface area contributed by atoms with Crippen molar-refractivity contribution in [3.63, 3.8) is 0 Å². The van der Waals surface area contributed by atoms with E-state index < -0.39 is 0 Å². The Hall–Kier alpha value is -2.69. The molecule has 0 saturated carbocycles. The summed E-state index contributed by atoms with van der Waals surface area (Å²) in [5.74, 6) is 1.75. The molecule has 2 aromatic rings. The lowest BCUT2D eigenvalue weighted by molar-refractivity contribution is 0.316. The van der Waals surface area contributed by atoms with Crippen molar-refractivity contribution in [2.45, 2.75) is 18.8 Å². The normalized spacial score (nSPS) is 16.0. The van der Waals surface area contributed by atoms with E-state index in [9.17, 15) is 5.21 Å². The summed E-state index contributed by atoms with van der Waals surface area (Å²) in [5, 5.41) is 12.5. The first kappa shape index (κ1) is 13.9. The molecule has 2 heterocycles. The average Bonchev–Trinajstić information content (AvgIpc) is 3.22. The van der Waals surface area contributed by atoms with Gasteiger partial charge in [0.05, 0.1) is 19.1 Å². The summed E-state index contributed by atoms with van der Waals surface area (Å²) >= 11 is 0. The minimum absolute atomic E-state index is 0.183. The quantitative estimate of drug-likeness (QED) is 0.395. The van der Waals surface area contributed by atoms with Gasteiger partial charge in [-0.25, -0.2) is 0 Å². The second-order valence-electron chi connectivity index (χ2n) is 5.89. The van der Waals surface area contributed by atoms with Crippen molar-refractivity contribution in [2.24, 2.45) is 10.9 Å². The van der Waals surface area contributed by atoms with E-state index in [-0.39, 0.29) is 11.8 Å². The lowest BCUT2D eigenvalue weighted by Gasteiger charge is -2.18. The lowest BCUT2D eigenvalue weighted by atomic mass is 9.88. The van der Waals surface area contributed by atoms with Crippen molar-refractivity contribution in [1.82, 2.24) is 0 Å². The molecule has 0 unspecified atom stereocenters. The van der Waals surface area contributed by atoms with Gasteiger partial charge in [-0.2, -0.15) is 0 Å². The van der Waals surface area contributed by atoms with Gasteiger partial charge in [-0.05, 0) is 34.4 Å². The molecule has 0 radical (unpaired) electrons. The maximum atomic E-state index is 9.23. The van der Waals surface area contributed by atoms with Crippen LogP contribution in [0.25, 0.3) is 0 Å². The Balaban J connectivity index is 1.79. The van der Waals surface area contributed by atoms with Crippen LogP contribution in [0.1, 0.15) is 28.2 Å². The van der Waals surface area contributed by atoms with E-state index >= 15 is 0 Å². The predicted octanol–water partition coefficient (Wildman–Crippen LogP) is 2.43.